The molecule has 9 nitrogen and oxygen atoms in total. The summed E-state index contributed by atoms with van der Waals surface area (Å²) in [6.45, 7) is 4.88. The Morgan fingerprint density at radius 3 is 2.70 bits per heavy atom. The summed E-state index contributed by atoms with van der Waals surface area (Å²) in [6.07, 6.45) is 2.18. The molecule has 1 aliphatic rings. The summed E-state index contributed by atoms with van der Waals surface area (Å²) in [5, 5.41) is 11.3. The number of Topliss-reactive ketones (excluding diaryl/α,β-unsaturated/α-hetero) is 1. The largest absolute Gasteiger partial charge is 0.478 e. The first-order valence-electron chi connectivity index (χ1n) is 9.63. The summed E-state index contributed by atoms with van der Waals surface area (Å²) in [4.78, 5) is 35.0. The van der Waals surface area contributed by atoms with Crippen LogP contribution in [0.15, 0.2) is 24.3 Å². The molecule has 1 atom stereocenters. The highest BCUT2D eigenvalue weighted by atomic mass is 16.6. The second-order valence-electron chi connectivity index (χ2n) is 7.17. The zero-order valence-corrected chi connectivity index (χ0v) is 17.2. The first-order chi connectivity index (χ1) is 14.3. The standard InChI is InChI=1S/C21H24N2O7/c1-13-9-17(14(2)22(13)11-16-5-4-8-29-16)19(24)12-30-20-7-6-15(21(25)28-3)10-18(20)23(26)27/h6-7,9-10,16H,4-5,8,11-12H2,1-3H3/t16-/m0/s1. The molecule has 0 amide bonds. The van der Waals surface area contributed by atoms with Crippen LogP contribution in [0, 0.1) is 24.0 Å². The molecule has 0 spiro atoms. The third-order valence-corrected chi connectivity index (χ3v) is 5.22. The maximum atomic E-state index is 12.7. The SMILES string of the molecule is COC(=O)c1ccc(OCC(=O)c2cc(C)n(C[C@@H]3CCCO3)c2C)c([N+](=O)[O-])c1. The highest BCUT2D eigenvalue weighted by Gasteiger charge is 2.23. The lowest BCUT2D eigenvalue weighted by Crippen LogP contribution is -2.18. The minimum Gasteiger partial charge on any atom is -0.478 e. The van der Waals surface area contributed by atoms with Gasteiger partial charge in [0.05, 0.1) is 23.7 Å². The van der Waals surface area contributed by atoms with E-state index in [1.54, 1.807) is 6.07 Å². The first kappa shape index (κ1) is 21.5. The van der Waals surface area contributed by atoms with Crippen molar-refractivity contribution in [1.29, 1.82) is 0 Å². The van der Waals surface area contributed by atoms with Gasteiger partial charge in [0.25, 0.3) is 0 Å². The van der Waals surface area contributed by atoms with Crippen LogP contribution in [-0.2, 0) is 16.0 Å². The fourth-order valence-corrected chi connectivity index (χ4v) is 3.60. The predicted octanol–water partition coefficient (Wildman–Crippen LogP) is 3.24. The Balaban J connectivity index is 1.74. The summed E-state index contributed by atoms with van der Waals surface area (Å²) in [5.74, 6) is -1.07. The minimum absolute atomic E-state index is 0.0283. The molecule has 0 radical (unpaired) electrons. The minimum atomic E-state index is -0.695. The Kier molecular flexibility index (Phi) is 6.51. The van der Waals surface area contributed by atoms with Crippen LogP contribution in [0.5, 0.6) is 5.75 Å². The Labute approximate surface area is 173 Å². The molecule has 0 aliphatic carbocycles. The lowest BCUT2D eigenvalue weighted by atomic mass is 10.1. The molecule has 1 aliphatic heterocycles. The highest BCUT2D eigenvalue weighted by molar-refractivity contribution is 5.98. The number of aromatic nitrogens is 1. The van der Waals surface area contributed by atoms with Crippen molar-refractivity contribution in [3.8, 4) is 5.75 Å². The number of ether oxygens (including phenoxy) is 3. The quantitative estimate of drug-likeness (QED) is 0.281. The van der Waals surface area contributed by atoms with Crippen molar-refractivity contribution in [3.63, 3.8) is 0 Å². The smallest absolute Gasteiger partial charge is 0.338 e. The number of carbonyl (C=O) groups excluding carboxylic acids is 2. The molecule has 1 fully saturated rings. The van der Waals surface area contributed by atoms with Gasteiger partial charge >= 0.3 is 11.7 Å². The van der Waals surface area contributed by atoms with Crippen LogP contribution in [0.2, 0.25) is 0 Å². The Hall–Kier alpha value is -3.20. The summed E-state index contributed by atoms with van der Waals surface area (Å²) >= 11 is 0. The van der Waals surface area contributed by atoms with Gasteiger partial charge < -0.3 is 18.8 Å². The third kappa shape index (κ3) is 4.51. The normalized spacial score (nSPS) is 15.8. The number of aryl methyl sites for hydroxylation is 1. The Morgan fingerprint density at radius 1 is 1.30 bits per heavy atom. The van der Waals surface area contributed by atoms with Gasteiger partial charge in [0.15, 0.2) is 12.4 Å². The van der Waals surface area contributed by atoms with E-state index < -0.39 is 16.6 Å². The van der Waals surface area contributed by atoms with E-state index in [1.807, 2.05) is 13.8 Å². The van der Waals surface area contributed by atoms with Gasteiger partial charge in [0, 0.05) is 36.2 Å². The fourth-order valence-electron chi connectivity index (χ4n) is 3.60. The zero-order chi connectivity index (χ0) is 21.8. The van der Waals surface area contributed by atoms with Gasteiger partial charge in [0.1, 0.15) is 0 Å². The molecule has 0 saturated carbocycles. The van der Waals surface area contributed by atoms with Crippen molar-refractivity contribution in [2.45, 2.75) is 39.3 Å². The number of nitro groups is 1. The van der Waals surface area contributed by atoms with E-state index in [1.165, 1.54) is 19.2 Å². The van der Waals surface area contributed by atoms with Gasteiger partial charge in [-0.3, -0.25) is 14.9 Å². The second-order valence-corrected chi connectivity index (χ2v) is 7.17. The number of nitrogens with zero attached hydrogens (tertiary/aromatic N) is 2. The molecule has 0 N–H and O–H groups in total. The molecule has 2 heterocycles. The average Bonchev–Trinajstić information content (AvgIpc) is 3.35. The van der Waals surface area contributed by atoms with Crippen molar-refractivity contribution in [3.05, 3.63) is 56.9 Å². The molecular formula is C21H24N2O7. The molecule has 1 saturated heterocycles. The Bertz CT molecular complexity index is 974. The molecule has 2 aromatic rings. The van der Waals surface area contributed by atoms with Crippen LogP contribution in [0.25, 0.3) is 0 Å². The molecule has 160 valence electrons. The second kappa shape index (κ2) is 9.08. The maximum Gasteiger partial charge on any atom is 0.338 e. The predicted molar refractivity (Wildman–Crippen MR) is 107 cm³/mol. The molecule has 0 unspecified atom stereocenters. The van der Waals surface area contributed by atoms with E-state index in [-0.39, 0.29) is 29.8 Å². The van der Waals surface area contributed by atoms with Crippen LogP contribution >= 0.6 is 0 Å². The van der Waals surface area contributed by atoms with Gasteiger partial charge in [-0.15, -0.1) is 0 Å². The lowest BCUT2D eigenvalue weighted by molar-refractivity contribution is -0.385. The van der Waals surface area contributed by atoms with E-state index in [2.05, 4.69) is 9.30 Å². The third-order valence-electron chi connectivity index (χ3n) is 5.22. The van der Waals surface area contributed by atoms with Crippen LogP contribution in [0.4, 0.5) is 5.69 Å². The molecule has 3 rings (SSSR count). The molecule has 1 aromatic heterocycles. The van der Waals surface area contributed by atoms with E-state index in [0.717, 1.165) is 36.9 Å². The van der Waals surface area contributed by atoms with Crippen molar-refractivity contribution in [1.82, 2.24) is 4.57 Å². The zero-order valence-electron chi connectivity index (χ0n) is 17.2. The average molecular weight is 416 g/mol. The van der Waals surface area contributed by atoms with Gasteiger partial charge in [-0.05, 0) is 44.9 Å². The number of methoxy groups -OCH3 is 1. The van der Waals surface area contributed by atoms with Crippen molar-refractivity contribution >= 4 is 17.4 Å². The number of benzene rings is 1. The van der Waals surface area contributed by atoms with Crippen LogP contribution < -0.4 is 4.74 Å². The van der Waals surface area contributed by atoms with E-state index in [9.17, 15) is 19.7 Å². The summed E-state index contributed by atoms with van der Waals surface area (Å²) < 4.78 is 17.8. The topological polar surface area (TPSA) is 110 Å². The van der Waals surface area contributed by atoms with Crippen LogP contribution in [-0.4, -0.2) is 47.7 Å². The Morgan fingerprint density at radius 2 is 2.07 bits per heavy atom. The number of carbonyl (C=O) groups is 2. The summed E-state index contributed by atoms with van der Waals surface area (Å²) in [7, 11) is 1.19. The van der Waals surface area contributed by atoms with Crippen LogP contribution in [0.3, 0.4) is 0 Å². The lowest BCUT2D eigenvalue weighted by Gasteiger charge is -2.14. The highest BCUT2D eigenvalue weighted by Crippen LogP contribution is 2.29. The fraction of sp³-hybridized carbons (Fsp3) is 0.429. The monoisotopic (exact) mass is 416 g/mol. The van der Waals surface area contributed by atoms with Gasteiger partial charge in [-0.2, -0.15) is 0 Å². The number of ketones is 1. The van der Waals surface area contributed by atoms with Crippen LogP contribution in [0.1, 0.15) is 44.9 Å². The molecular weight excluding hydrogens is 392 g/mol. The molecule has 30 heavy (non-hydrogen) atoms. The molecule has 0 bridgehead atoms. The van der Waals surface area contributed by atoms with Crippen molar-refractivity contribution < 1.29 is 28.7 Å². The van der Waals surface area contributed by atoms with Gasteiger partial charge in [0.2, 0.25) is 5.78 Å². The van der Waals surface area contributed by atoms with Crippen molar-refractivity contribution in [2.24, 2.45) is 0 Å². The number of esters is 1. The van der Waals surface area contributed by atoms with Gasteiger partial charge in [-0.25, -0.2) is 4.79 Å². The summed E-state index contributed by atoms with van der Waals surface area (Å²) in [5.41, 5.74) is 1.89. The maximum absolute atomic E-state index is 12.7. The van der Waals surface area contributed by atoms with Crippen molar-refractivity contribution in [2.75, 3.05) is 20.3 Å². The van der Waals surface area contributed by atoms with E-state index in [0.29, 0.717) is 12.1 Å². The van der Waals surface area contributed by atoms with Gasteiger partial charge in [-0.1, -0.05) is 0 Å². The number of hydrogen-bond acceptors (Lipinski definition) is 7. The van der Waals surface area contributed by atoms with E-state index >= 15 is 0 Å². The van der Waals surface area contributed by atoms with E-state index in [4.69, 9.17) is 9.47 Å². The summed E-state index contributed by atoms with van der Waals surface area (Å²) in [6, 6.07) is 5.51. The molecule has 1 aromatic carbocycles. The number of nitro benzene ring substituents is 1. The number of rotatable bonds is 8. The molecule has 9 heteroatoms. The first-order valence-corrected chi connectivity index (χ1v) is 9.63. The number of hydrogen-bond donors (Lipinski definition) is 0.